The first-order chi connectivity index (χ1) is 18.3. The zero-order chi connectivity index (χ0) is 26.7. The number of carbonyl (C=O) groups excluding carboxylic acids is 2. The summed E-state index contributed by atoms with van der Waals surface area (Å²) < 4.78 is 46.9. The number of fused-ring (bicyclic) bond motifs is 3. The van der Waals surface area contributed by atoms with E-state index in [0.717, 1.165) is 43.6 Å². The summed E-state index contributed by atoms with van der Waals surface area (Å²) in [5.41, 5.74) is 1.39. The van der Waals surface area contributed by atoms with Gasteiger partial charge in [0.25, 0.3) is 0 Å². The van der Waals surface area contributed by atoms with Crippen LogP contribution in [0.3, 0.4) is 0 Å². The topological polar surface area (TPSA) is 82.7 Å². The van der Waals surface area contributed by atoms with Gasteiger partial charge < -0.3 is 25.6 Å². The second kappa shape index (κ2) is 11.3. The third-order valence-corrected chi connectivity index (χ3v) is 7.74. The first-order valence-corrected chi connectivity index (χ1v) is 13.3. The van der Waals surface area contributed by atoms with Crippen molar-refractivity contribution in [3.63, 3.8) is 0 Å². The fraction of sp³-hybridized carbons (Fsp3) is 0.500. The number of nitrogens with zero attached hydrogens (tertiary/aromatic N) is 1. The van der Waals surface area contributed by atoms with Gasteiger partial charge in [0, 0.05) is 36.8 Å². The van der Waals surface area contributed by atoms with Crippen LogP contribution in [0.5, 0.6) is 0 Å². The van der Waals surface area contributed by atoms with E-state index in [1.807, 2.05) is 30.3 Å². The zero-order valence-corrected chi connectivity index (χ0v) is 21.1. The number of ether oxygens (including phenoxy) is 1. The molecule has 0 unspecified atom stereocenters. The van der Waals surface area contributed by atoms with Crippen molar-refractivity contribution >= 4 is 17.5 Å². The van der Waals surface area contributed by atoms with Gasteiger partial charge in [0.2, 0.25) is 0 Å². The van der Waals surface area contributed by atoms with Crippen LogP contribution in [0.4, 0.5) is 18.9 Å². The average Bonchev–Trinajstić information content (AvgIpc) is 3.44. The van der Waals surface area contributed by atoms with Crippen molar-refractivity contribution in [3.05, 3.63) is 65.2 Å². The Kier molecular flexibility index (Phi) is 7.90. The number of likely N-dealkylation sites (tertiary alicyclic amines) is 1. The van der Waals surface area contributed by atoms with Gasteiger partial charge in [-0.3, -0.25) is 9.59 Å². The van der Waals surface area contributed by atoms with E-state index in [9.17, 15) is 22.8 Å². The van der Waals surface area contributed by atoms with Crippen molar-refractivity contribution in [3.8, 4) is 0 Å². The van der Waals surface area contributed by atoms with Crippen molar-refractivity contribution < 1.29 is 27.5 Å². The van der Waals surface area contributed by atoms with E-state index < -0.39 is 35.8 Å². The van der Waals surface area contributed by atoms with E-state index in [-0.39, 0.29) is 18.5 Å². The Balaban J connectivity index is 1.25. The van der Waals surface area contributed by atoms with Crippen molar-refractivity contribution in [1.82, 2.24) is 15.5 Å². The summed E-state index contributed by atoms with van der Waals surface area (Å²) in [7, 11) is 0. The van der Waals surface area contributed by atoms with Gasteiger partial charge in [-0.05, 0) is 62.5 Å². The fourth-order valence-electron chi connectivity index (χ4n) is 5.77. The molecule has 0 saturated carbocycles. The Morgan fingerprint density at radius 3 is 2.47 bits per heavy atom. The highest BCUT2D eigenvalue weighted by Crippen LogP contribution is 2.51. The quantitative estimate of drug-likeness (QED) is 0.492. The third kappa shape index (κ3) is 5.96. The summed E-state index contributed by atoms with van der Waals surface area (Å²) in [6, 6.07) is 13.4. The van der Waals surface area contributed by atoms with Crippen LogP contribution in [0.2, 0.25) is 0 Å². The maximum absolute atomic E-state index is 13.5. The monoisotopic (exact) mass is 530 g/mol. The molecule has 7 nitrogen and oxygen atoms in total. The number of anilines is 1. The van der Waals surface area contributed by atoms with Gasteiger partial charge in [0.05, 0.1) is 23.8 Å². The molecule has 0 bridgehead atoms. The van der Waals surface area contributed by atoms with E-state index in [1.54, 1.807) is 0 Å². The Bertz CT molecular complexity index is 1140. The molecule has 3 aliphatic heterocycles. The molecule has 0 aliphatic carbocycles. The standard InChI is InChI=1S/C28H33F3N4O3/c29-28(30,31)19-8-11-23-22(16-19)25-21(24(34-23)18-6-2-1-3-7-18)10-9-20(38-25)17-33-27(37)26(36)32-12-15-35-13-4-5-14-35/h1-3,6-8,11,16,20-21,24-25,34H,4-5,9-10,12-15,17H2,(H,32,36)(H,33,37)/t20-,21+,24+,25+/m1/s1. The highest BCUT2D eigenvalue weighted by molar-refractivity contribution is 6.35. The van der Waals surface area contributed by atoms with Crippen LogP contribution in [0.25, 0.3) is 0 Å². The van der Waals surface area contributed by atoms with Crippen molar-refractivity contribution in [1.29, 1.82) is 0 Å². The molecule has 3 heterocycles. The van der Waals surface area contributed by atoms with Crippen molar-refractivity contribution in [2.45, 2.75) is 50.1 Å². The molecule has 2 aromatic rings. The first-order valence-electron chi connectivity index (χ1n) is 13.3. The molecule has 38 heavy (non-hydrogen) atoms. The van der Waals surface area contributed by atoms with Gasteiger partial charge >= 0.3 is 18.0 Å². The molecular weight excluding hydrogens is 497 g/mol. The van der Waals surface area contributed by atoms with E-state index in [2.05, 4.69) is 20.9 Å². The predicted octanol–water partition coefficient (Wildman–Crippen LogP) is 4.04. The van der Waals surface area contributed by atoms with Crippen LogP contribution >= 0.6 is 0 Å². The Hall–Kier alpha value is -3.11. The summed E-state index contributed by atoms with van der Waals surface area (Å²) in [4.78, 5) is 26.8. The van der Waals surface area contributed by atoms with Crippen LogP contribution in [0.15, 0.2) is 48.5 Å². The van der Waals surface area contributed by atoms with Crippen LogP contribution in [0, 0.1) is 5.92 Å². The van der Waals surface area contributed by atoms with Crippen LogP contribution in [0.1, 0.15) is 54.5 Å². The lowest BCUT2D eigenvalue weighted by Crippen LogP contribution is -2.47. The van der Waals surface area contributed by atoms with E-state index in [0.29, 0.717) is 37.2 Å². The molecule has 2 fully saturated rings. The Labute approximate surface area is 220 Å². The van der Waals surface area contributed by atoms with Gasteiger partial charge in [0.15, 0.2) is 0 Å². The summed E-state index contributed by atoms with van der Waals surface area (Å²) in [5, 5.41) is 8.73. The van der Waals surface area contributed by atoms with Crippen LogP contribution in [-0.2, 0) is 20.5 Å². The van der Waals surface area contributed by atoms with E-state index in [4.69, 9.17) is 4.74 Å². The minimum Gasteiger partial charge on any atom is -0.378 e. The number of amides is 2. The zero-order valence-electron chi connectivity index (χ0n) is 21.1. The highest BCUT2D eigenvalue weighted by Gasteiger charge is 2.43. The molecule has 2 amide bonds. The molecule has 0 radical (unpaired) electrons. The summed E-state index contributed by atoms with van der Waals surface area (Å²) in [5.74, 6) is -1.51. The highest BCUT2D eigenvalue weighted by atomic mass is 19.4. The normalized spacial score (nSPS) is 25.1. The fourth-order valence-corrected chi connectivity index (χ4v) is 5.77. The molecular formula is C28H33F3N4O3. The molecule has 4 atom stereocenters. The number of carbonyl (C=O) groups is 2. The summed E-state index contributed by atoms with van der Waals surface area (Å²) in [6.45, 7) is 3.25. The molecule has 3 N–H and O–H groups in total. The lowest BCUT2D eigenvalue weighted by molar-refractivity contribution is -0.140. The molecule has 10 heteroatoms. The second-order valence-electron chi connectivity index (χ2n) is 10.3. The number of rotatable bonds is 6. The minimum absolute atomic E-state index is 0.0887. The van der Waals surface area contributed by atoms with Gasteiger partial charge in [-0.25, -0.2) is 0 Å². The van der Waals surface area contributed by atoms with Crippen LogP contribution < -0.4 is 16.0 Å². The van der Waals surface area contributed by atoms with Gasteiger partial charge in [0.1, 0.15) is 0 Å². The third-order valence-electron chi connectivity index (χ3n) is 7.74. The SMILES string of the molecule is O=C(NCCN1CCCC1)C(=O)NC[C@H]1CC[C@@H]2[C@H](O1)c1cc(C(F)(F)F)ccc1N[C@H]2c1ccccc1. The molecule has 2 saturated heterocycles. The molecule has 0 aromatic heterocycles. The second-order valence-corrected chi connectivity index (χ2v) is 10.3. The number of halogens is 3. The number of hydrogen-bond donors (Lipinski definition) is 3. The van der Waals surface area contributed by atoms with Crippen LogP contribution in [-0.4, -0.2) is 55.5 Å². The largest absolute Gasteiger partial charge is 0.416 e. The smallest absolute Gasteiger partial charge is 0.378 e. The summed E-state index contributed by atoms with van der Waals surface area (Å²) in [6.07, 6.45) is -1.86. The number of alkyl halides is 3. The van der Waals surface area contributed by atoms with Gasteiger partial charge in [-0.15, -0.1) is 0 Å². The molecule has 5 rings (SSSR count). The maximum atomic E-state index is 13.5. The average molecular weight is 531 g/mol. The lowest BCUT2D eigenvalue weighted by atomic mass is 9.76. The molecule has 204 valence electrons. The number of nitrogens with one attached hydrogen (secondary N) is 3. The number of hydrogen-bond acceptors (Lipinski definition) is 5. The minimum atomic E-state index is -4.47. The predicted molar refractivity (Wildman–Crippen MR) is 136 cm³/mol. The maximum Gasteiger partial charge on any atom is 0.416 e. The molecule has 0 spiro atoms. The van der Waals surface area contributed by atoms with E-state index in [1.165, 1.54) is 6.07 Å². The lowest BCUT2D eigenvalue weighted by Gasteiger charge is -2.46. The van der Waals surface area contributed by atoms with Gasteiger partial charge in [-0.2, -0.15) is 13.2 Å². The Morgan fingerprint density at radius 2 is 1.74 bits per heavy atom. The first kappa shape index (κ1) is 26.5. The molecule has 3 aliphatic rings. The van der Waals surface area contributed by atoms with E-state index >= 15 is 0 Å². The van der Waals surface area contributed by atoms with Gasteiger partial charge in [-0.1, -0.05) is 30.3 Å². The molecule has 2 aromatic carbocycles. The van der Waals surface area contributed by atoms with Crippen molar-refractivity contribution in [2.75, 3.05) is 38.0 Å². The van der Waals surface area contributed by atoms with Crippen molar-refractivity contribution in [2.24, 2.45) is 5.92 Å². The summed E-state index contributed by atoms with van der Waals surface area (Å²) >= 11 is 0. The Morgan fingerprint density at radius 1 is 1.00 bits per heavy atom. The number of benzene rings is 2.